The molecule has 0 amide bonds. The quantitative estimate of drug-likeness (QED) is 0.737. The second-order valence-electron chi connectivity index (χ2n) is 5.79. The molecule has 18 heavy (non-hydrogen) atoms. The SMILES string of the molecule is CC(C)(C)c1cccc2c1C1(NC2=N)OCCO1. The number of hydrogen-bond acceptors (Lipinski definition) is 3. The summed E-state index contributed by atoms with van der Waals surface area (Å²) in [5, 5.41) is 11.1. The lowest BCUT2D eigenvalue weighted by Gasteiger charge is -2.29. The standard InChI is InChI=1S/C14H18N2O2/c1-13(2,3)10-6-4-5-9-11(10)14(16-12(9)15)17-7-8-18-14/h4-6H,7-8H2,1-3H3,(H2,15,16). The number of hydrogen-bond donors (Lipinski definition) is 2. The van der Waals surface area contributed by atoms with Gasteiger partial charge in [0.05, 0.1) is 13.2 Å². The minimum atomic E-state index is -0.934. The van der Waals surface area contributed by atoms with E-state index in [1.807, 2.05) is 12.1 Å². The highest BCUT2D eigenvalue weighted by Gasteiger charge is 2.49. The van der Waals surface area contributed by atoms with Crippen molar-refractivity contribution in [2.75, 3.05) is 13.2 Å². The molecule has 4 nitrogen and oxygen atoms in total. The number of amidine groups is 1. The lowest BCUT2D eigenvalue weighted by Crippen LogP contribution is -2.41. The van der Waals surface area contributed by atoms with Gasteiger partial charge in [0.2, 0.25) is 0 Å². The van der Waals surface area contributed by atoms with Gasteiger partial charge in [-0.15, -0.1) is 0 Å². The van der Waals surface area contributed by atoms with Crippen molar-refractivity contribution in [3.05, 3.63) is 34.9 Å². The van der Waals surface area contributed by atoms with Crippen LogP contribution < -0.4 is 5.32 Å². The highest BCUT2D eigenvalue weighted by atomic mass is 16.8. The first kappa shape index (κ1) is 11.7. The summed E-state index contributed by atoms with van der Waals surface area (Å²) in [7, 11) is 0. The van der Waals surface area contributed by atoms with Gasteiger partial charge >= 0.3 is 0 Å². The predicted octanol–water partition coefficient (Wildman–Crippen LogP) is 2.07. The zero-order valence-electron chi connectivity index (χ0n) is 11.0. The molecule has 1 aromatic rings. The lowest BCUT2D eigenvalue weighted by molar-refractivity contribution is -0.174. The Labute approximate surface area is 107 Å². The van der Waals surface area contributed by atoms with Crippen LogP contribution in [0.3, 0.4) is 0 Å². The fourth-order valence-electron chi connectivity index (χ4n) is 2.66. The number of rotatable bonds is 0. The van der Waals surface area contributed by atoms with Crippen molar-refractivity contribution >= 4 is 5.84 Å². The van der Waals surface area contributed by atoms with E-state index < -0.39 is 5.91 Å². The van der Waals surface area contributed by atoms with Crippen LogP contribution >= 0.6 is 0 Å². The molecule has 96 valence electrons. The normalized spacial score (nSPS) is 21.2. The van der Waals surface area contributed by atoms with Crippen LogP contribution in [-0.4, -0.2) is 19.0 Å². The summed E-state index contributed by atoms with van der Waals surface area (Å²) in [5.41, 5.74) is 3.00. The fourth-order valence-corrected chi connectivity index (χ4v) is 2.66. The first-order valence-corrected chi connectivity index (χ1v) is 6.23. The predicted molar refractivity (Wildman–Crippen MR) is 68.7 cm³/mol. The molecule has 0 radical (unpaired) electrons. The highest BCUT2D eigenvalue weighted by Crippen LogP contribution is 2.42. The third kappa shape index (κ3) is 1.49. The zero-order chi connectivity index (χ0) is 13.0. The summed E-state index contributed by atoms with van der Waals surface area (Å²) in [6.45, 7) is 7.59. The van der Waals surface area contributed by atoms with Crippen LogP contribution in [0.5, 0.6) is 0 Å². The van der Waals surface area contributed by atoms with E-state index in [4.69, 9.17) is 14.9 Å². The second-order valence-corrected chi connectivity index (χ2v) is 5.79. The van der Waals surface area contributed by atoms with E-state index in [0.29, 0.717) is 19.0 Å². The van der Waals surface area contributed by atoms with Crippen molar-refractivity contribution in [2.45, 2.75) is 32.1 Å². The summed E-state index contributed by atoms with van der Waals surface area (Å²) in [6, 6.07) is 6.02. The molecular weight excluding hydrogens is 228 g/mol. The summed E-state index contributed by atoms with van der Waals surface area (Å²) in [4.78, 5) is 0. The Morgan fingerprint density at radius 1 is 1.22 bits per heavy atom. The summed E-state index contributed by atoms with van der Waals surface area (Å²) in [5.74, 6) is -0.561. The minimum absolute atomic E-state index is 0.0139. The molecule has 2 aliphatic heterocycles. The Morgan fingerprint density at radius 2 is 1.89 bits per heavy atom. The minimum Gasteiger partial charge on any atom is -0.327 e. The van der Waals surface area contributed by atoms with Crippen molar-refractivity contribution in [1.29, 1.82) is 5.41 Å². The Hall–Kier alpha value is -1.39. The van der Waals surface area contributed by atoms with Gasteiger partial charge in [-0.05, 0) is 11.0 Å². The zero-order valence-corrected chi connectivity index (χ0v) is 11.0. The van der Waals surface area contributed by atoms with E-state index in [0.717, 1.165) is 16.7 Å². The van der Waals surface area contributed by atoms with Gasteiger partial charge in [-0.2, -0.15) is 0 Å². The van der Waals surface area contributed by atoms with Crippen molar-refractivity contribution in [2.24, 2.45) is 0 Å². The van der Waals surface area contributed by atoms with Crippen LogP contribution in [0.25, 0.3) is 0 Å². The molecule has 0 aromatic heterocycles. The lowest BCUT2D eigenvalue weighted by atomic mass is 9.82. The molecule has 0 unspecified atom stereocenters. The molecule has 0 atom stereocenters. The van der Waals surface area contributed by atoms with Crippen LogP contribution in [0.4, 0.5) is 0 Å². The van der Waals surface area contributed by atoms with Gasteiger partial charge in [0.25, 0.3) is 5.91 Å². The van der Waals surface area contributed by atoms with E-state index in [9.17, 15) is 0 Å². The van der Waals surface area contributed by atoms with Crippen LogP contribution in [-0.2, 0) is 20.8 Å². The van der Waals surface area contributed by atoms with Crippen LogP contribution in [0.15, 0.2) is 18.2 Å². The van der Waals surface area contributed by atoms with E-state index in [2.05, 4.69) is 32.2 Å². The molecule has 4 heteroatoms. The largest absolute Gasteiger partial charge is 0.327 e. The fraction of sp³-hybridized carbons (Fsp3) is 0.500. The molecule has 0 bridgehead atoms. The average Bonchev–Trinajstić information content (AvgIpc) is 2.86. The van der Waals surface area contributed by atoms with Gasteiger partial charge in [-0.1, -0.05) is 39.0 Å². The van der Waals surface area contributed by atoms with Crippen molar-refractivity contribution in [3.8, 4) is 0 Å². The molecule has 1 aromatic carbocycles. The van der Waals surface area contributed by atoms with E-state index >= 15 is 0 Å². The van der Waals surface area contributed by atoms with Gasteiger partial charge in [0.15, 0.2) is 0 Å². The maximum absolute atomic E-state index is 8.05. The first-order chi connectivity index (χ1) is 8.44. The summed E-state index contributed by atoms with van der Waals surface area (Å²) < 4.78 is 11.5. The molecular formula is C14H18N2O2. The van der Waals surface area contributed by atoms with E-state index in [1.54, 1.807) is 0 Å². The van der Waals surface area contributed by atoms with Gasteiger partial charge in [0, 0.05) is 11.1 Å². The van der Waals surface area contributed by atoms with Crippen molar-refractivity contribution in [1.82, 2.24) is 5.32 Å². The number of benzene rings is 1. The second kappa shape index (κ2) is 3.56. The van der Waals surface area contributed by atoms with Gasteiger partial charge in [-0.3, -0.25) is 5.41 Å². The molecule has 2 N–H and O–H groups in total. The number of nitrogens with one attached hydrogen (secondary N) is 2. The Kier molecular flexibility index (Phi) is 2.31. The molecule has 2 aliphatic rings. The van der Waals surface area contributed by atoms with Gasteiger partial charge < -0.3 is 14.8 Å². The molecule has 1 saturated heterocycles. The first-order valence-electron chi connectivity index (χ1n) is 6.23. The average molecular weight is 246 g/mol. The van der Waals surface area contributed by atoms with Gasteiger partial charge in [-0.25, -0.2) is 0 Å². The highest BCUT2D eigenvalue weighted by molar-refractivity contribution is 6.01. The van der Waals surface area contributed by atoms with Crippen LogP contribution in [0.2, 0.25) is 0 Å². The van der Waals surface area contributed by atoms with Crippen LogP contribution in [0, 0.1) is 5.41 Å². The maximum atomic E-state index is 8.05. The molecule has 2 heterocycles. The summed E-state index contributed by atoms with van der Waals surface area (Å²) >= 11 is 0. The maximum Gasteiger partial charge on any atom is 0.280 e. The molecule has 0 saturated carbocycles. The Morgan fingerprint density at radius 3 is 2.50 bits per heavy atom. The Bertz CT molecular complexity index is 511. The van der Waals surface area contributed by atoms with Crippen LogP contribution in [0.1, 0.15) is 37.5 Å². The molecule has 3 rings (SSSR count). The third-order valence-electron chi connectivity index (χ3n) is 3.45. The smallest absolute Gasteiger partial charge is 0.280 e. The summed E-state index contributed by atoms with van der Waals surface area (Å²) in [6.07, 6.45) is 0. The van der Waals surface area contributed by atoms with E-state index in [1.165, 1.54) is 0 Å². The number of ether oxygens (including phenoxy) is 2. The molecule has 0 aliphatic carbocycles. The topological polar surface area (TPSA) is 54.3 Å². The Balaban J connectivity index is 2.25. The van der Waals surface area contributed by atoms with Crippen molar-refractivity contribution < 1.29 is 9.47 Å². The third-order valence-corrected chi connectivity index (χ3v) is 3.45. The number of fused-ring (bicyclic) bond motifs is 2. The molecule has 1 spiro atoms. The van der Waals surface area contributed by atoms with Gasteiger partial charge in [0.1, 0.15) is 5.84 Å². The van der Waals surface area contributed by atoms with E-state index in [-0.39, 0.29) is 5.41 Å². The van der Waals surface area contributed by atoms with Crippen molar-refractivity contribution in [3.63, 3.8) is 0 Å². The monoisotopic (exact) mass is 246 g/mol. The molecule has 1 fully saturated rings.